The van der Waals surface area contributed by atoms with E-state index >= 15 is 0 Å². The molecule has 0 unspecified atom stereocenters. The molecular formula is C17H24N2O3. The van der Waals surface area contributed by atoms with E-state index in [-0.39, 0.29) is 5.91 Å². The van der Waals surface area contributed by atoms with Crippen LogP contribution in [0, 0.1) is 0 Å². The second kappa shape index (κ2) is 7.11. The maximum Gasteiger partial charge on any atom is 0.236 e. The lowest BCUT2D eigenvalue weighted by Crippen LogP contribution is -2.46. The number of carbonyl (C=O) groups excluding carboxylic acids is 1. The summed E-state index contributed by atoms with van der Waals surface area (Å²) in [7, 11) is 1.67. The van der Waals surface area contributed by atoms with E-state index in [0.29, 0.717) is 25.8 Å². The molecule has 2 fully saturated rings. The molecular weight excluding hydrogens is 280 g/mol. The molecule has 1 saturated carbocycles. The van der Waals surface area contributed by atoms with Gasteiger partial charge in [0.15, 0.2) is 0 Å². The second-order valence-electron chi connectivity index (χ2n) is 5.98. The molecule has 1 aliphatic carbocycles. The summed E-state index contributed by atoms with van der Waals surface area (Å²) in [5.41, 5.74) is 1.22. The molecule has 120 valence electrons. The molecule has 1 amide bonds. The normalized spacial score (nSPS) is 18.5. The van der Waals surface area contributed by atoms with Crippen molar-refractivity contribution in [2.45, 2.75) is 25.4 Å². The summed E-state index contributed by atoms with van der Waals surface area (Å²) in [5.74, 6) is 1.09. The van der Waals surface area contributed by atoms with Gasteiger partial charge in [0.25, 0.3) is 0 Å². The Balaban J connectivity index is 1.58. The Labute approximate surface area is 131 Å². The molecule has 0 aromatic heterocycles. The minimum Gasteiger partial charge on any atom is -0.497 e. The fourth-order valence-electron chi connectivity index (χ4n) is 2.81. The molecule has 1 heterocycles. The van der Waals surface area contributed by atoms with Crippen molar-refractivity contribution in [1.82, 2.24) is 9.80 Å². The lowest BCUT2D eigenvalue weighted by Gasteiger charge is -2.30. The summed E-state index contributed by atoms with van der Waals surface area (Å²) in [4.78, 5) is 16.7. The third-order valence-corrected chi connectivity index (χ3v) is 4.31. The van der Waals surface area contributed by atoms with Crippen LogP contribution in [0.5, 0.6) is 5.75 Å². The highest BCUT2D eigenvalue weighted by Crippen LogP contribution is 2.28. The van der Waals surface area contributed by atoms with Crippen LogP contribution < -0.4 is 4.74 Å². The van der Waals surface area contributed by atoms with Gasteiger partial charge >= 0.3 is 0 Å². The third kappa shape index (κ3) is 3.99. The van der Waals surface area contributed by atoms with Crippen molar-refractivity contribution in [1.29, 1.82) is 0 Å². The summed E-state index contributed by atoms with van der Waals surface area (Å²) in [6.07, 6.45) is 2.40. The van der Waals surface area contributed by atoms with Crippen molar-refractivity contribution in [3.63, 3.8) is 0 Å². The third-order valence-electron chi connectivity index (χ3n) is 4.31. The lowest BCUT2D eigenvalue weighted by molar-refractivity contribution is -0.136. The van der Waals surface area contributed by atoms with Crippen molar-refractivity contribution in [3.8, 4) is 5.75 Å². The average Bonchev–Trinajstić information content (AvgIpc) is 3.40. The van der Waals surface area contributed by atoms with E-state index in [0.717, 1.165) is 25.4 Å². The number of morpholine rings is 1. The predicted molar refractivity (Wildman–Crippen MR) is 83.8 cm³/mol. The van der Waals surface area contributed by atoms with E-state index in [2.05, 4.69) is 17.0 Å². The molecule has 0 bridgehead atoms. The molecule has 2 aliphatic rings. The van der Waals surface area contributed by atoms with Gasteiger partial charge in [-0.25, -0.2) is 0 Å². The van der Waals surface area contributed by atoms with Crippen molar-refractivity contribution in [2.24, 2.45) is 0 Å². The molecule has 0 N–H and O–H groups in total. The van der Waals surface area contributed by atoms with Crippen LogP contribution >= 0.6 is 0 Å². The van der Waals surface area contributed by atoms with Gasteiger partial charge in [-0.15, -0.1) is 0 Å². The molecule has 3 rings (SSSR count). The van der Waals surface area contributed by atoms with Crippen molar-refractivity contribution < 1.29 is 14.3 Å². The molecule has 0 radical (unpaired) electrons. The van der Waals surface area contributed by atoms with Crippen LogP contribution in [0.1, 0.15) is 18.4 Å². The Morgan fingerprint density at radius 2 is 1.95 bits per heavy atom. The molecule has 1 aliphatic heterocycles. The van der Waals surface area contributed by atoms with E-state index in [1.54, 1.807) is 7.11 Å². The van der Waals surface area contributed by atoms with Crippen LogP contribution in [0.3, 0.4) is 0 Å². The number of rotatable bonds is 6. The maximum atomic E-state index is 12.4. The standard InChI is InChI=1S/C17H24N2O3/c1-21-16-6-2-14(3-7-16)12-19(15-4-5-15)13-17(20)18-8-10-22-11-9-18/h2-3,6-7,15H,4-5,8-13H2,1H3. The number of methoxy groups -OCH3 is 1. The fourth-order valence-corrected chi connectivity index (χ4v) is 2.81. The molecule has 1 aromatic carbocycles. The summed E-state index contributed by atoms with van der Waals surface area (Å²) in [6, 6.07) is 8.67. The molecule has 5 heteroatoms. The van der Waals surface area contributed by atoms with Gasteiger partial charge in [0.1, 0.15) is 5.75 Å². The van der Waals surface area contributed by atoms with Gasteiger partial charge in [-0.3, -0.25) is 9.69 Å². The summed E-state index contributed by atoms with van der Waals surface area (Å²) < 4.78 is 10.5. The minimum atomic E-state index is 0.226. The zero-order valence-corrected chi connectivity index (χ0v) is 13.2. The van der Waals surface area contributed by atoms with Crippen molar-refractivity contribution >= 4 is 5.91 Å². The Kier molecular flexibility index (Phi) is 4.95. The van der Waals surface area contributed by atoms with E-state index in [9.17, 15) is 4.79 Å². The quantitative estimate of drug-likeness (QED) is 0.799. The monoisotopic (exact) mass is 304 g/mol. The first-order valence-corrected chi connectivity index (χ1v) is 7.99. The number of hydrogen-bond acceptors (Lipinski definition) is 4. The van der Waals surface area contributed by atoms with Gasteiger partial charge in [-0.2, -0.15) is 0 Å². The zero-order chi connectivity index (χ0) is 15.4. The van der Waals surface area contributed by atoms with Crippen LogP contribution in [0.25, 0.3) is 0 Å². The first-order valence-electron chi connectivity index (χ1n) is 7.99. The van der Waals surface area contributed by atoms with Gasteiger partial charge in [-0.1, -0.05) is 12.1 Å². The van der Waals surface area contributed by atoms with Gasteiger partial charge in [0.2, 0.25) is 5.91 Å². The first kappa shape index (κ1) is 15.3. The largest absolute Gasteiger partial charge is 0.497 e. The second-order valence-corrected chi connectivity index (χ2v) is 5.98. The number of carbonyl (C=O) groups is 1. The first-order chi connectivity index (χ1) is 10.8. The number of benzene rings is 1. The van der Waals surface area contributed by atoms with E-state index in [4.69, 9.17) is 9.47 Å². The highest BCUT2D eigenvalue weighted by molar-refractivity contribution is 5.78. The van der Waals surface area contributed by atoms with Gasteiger partial charge in [0, 0.05) is 25.7 Å². The van der Waals surface area contributed by atoms with Gasteiger partial charge in [0.05, 0.1) is 26.9 Å². The molecule has 22 heavy (non-hydrogen) atoms. The summed E-state index contributed by atoms with van der Waals surface area (Å²) in [5, 5.41) is 0. The van der Waals surface area contributed by atoms with E-state index < -0.39 is 0 Å². The van der Waals surface area contributed by atoms with Crippen LogP contribution in [-0.4, -0.2) is 61.7 Å². The molecule has 1 saturated heterocycles. The van der Waals surface area contributed by atoms with Crippen LogP contribution in [0.15, 0.2) is 24.3 Å². The van der Waals surface area contributed by atoms with E-state index in [1.165, 1.54) is 18.4 Å². The topological polar surface area (TPSA) is 42.0 Å². The van der Waals surface area contributed by atoms with E-state index in [1.807, 2.05) is 17.0 Å². The Morgan fingerprint density at radius 1 is 1.27 bits per heavy atom. The van der Waals surface area contributed by atoms with Gasteiger partial charge < -0.3 is 14.4 Å². The van der Waals surface area contributed by atoms with Gasteiger partial charge in [-0.05, 0) is 30.5 Å². The van der Waals surface area contributed by atoms with Crippen LogP contribution in [-0.2, 0) is 16.1 Å². The molecule has 0 atom stereocenters. The Hall–Kier alpha value is -1.59. The van der Waals surface area contributed by atoms with Crippen LogP contribution in [0.4, 0.5) is 0 Å². The lowest BCUT2D eigenvalue weighted by atomic mass is 10.2. The number of nitrogens with zero attached hydrogens (tertiary/aromatic N) is 2. The van der Waals surface area contributed by atoms with Crippen LogP contribution in [0.2, 0.25) is 0 Å². The van der Waals surface area contributed by atoms with Crippen molar-refractivity contribution in [2.75, 3.05) is 40.0 Å². The Bertz CT molecular complexity index is 493. The molecule has 0 spiro atoms. The number of hydrogen-bond donors (Lipinski definition) is 0. The SMILES string of the molecule is COc1ccc(CN(CC(=O)N2CCOCC2)C2CC2)cc1. The highest BCUT2D eigenvalue weighted by atomic mass is 16.5. The summed E-state index contributed by atoms with van der Waals surface area (Å²) >= 11 is 0. The highest BCUT2D eigenvalue weighted by Gasteiger charge is 2.31. The number of amides is 1. The number of ether oxygens (including phenoxy) is 2. The Morgan fingerprint density at radius 3 is 2.55 bits per heavy atom. The average molecular weight is 304 g/mol. The fraction of sp³-hybridized carbons (Fsp3) is 0.588. The molecule has 1 aromatic rings. The predicted octanol–water partition coefficient (Wildman–Crippen LogP) is 1.52. The minimum absolute atomic E-state index is 0.226. The summed E-state index contributed by atoms with van der Waals surface area (Å²) in [6.45, 7) is 4.10. The molecule has 5 nitrogen and oxygen atoms in total. The van der Waals surface area contributed by atoms with Crippen molar-refractivity contribution in [3.05, 3.63) is 29.8 Å². The zero-order valence-electron chi connectivity index (χ0n) is 13.2. The smallest absolute Gasteiger partial charge is 0.236 e. The maximum absolute atomic E-state index is 12.4.